The van der Waals surface area contributed by atoms with Gasteiger partial charge in [-0.15, -0.1) is 22.9 Å². The summed E-state index contributed by atoms with van der Waals surface area (Å²) >= 11 is 7.93. The molecule has 0 aliphatic heterocycles. The Balaban J connectivity index is 1.95. The van der Waals surface area contributed by atoms with Gasteiger partial charge in [-0.05, 0) is 26.7 Å². The van der Waals surface area contributed by atoms with E-state index in [9.17, 15) is 0 Å². The molecule has 1 saturated carbocycles. The third-order valence-corrected chi connectivity index (χ3v) is 5.44. The van der Waals surface area contributed by atoms with Crippen LogP contribution in [0.3, 0.4) is 0 Å². The molecule has 2 nitrogen and oxygen atoms in total. The molecule has 0 atom stereocenters. The first-order chi connectivity index (χ1) is 8.15. The number of aromatic nitrogens is 1. The van der Waals surface area contributed by atoms with E-state index >= 15 is 0 Å². The van der Waals surface area contributed by atoms with Gasteiger partial charge in [0.1, 0.15) is 0 Å². The summed E-state index contributed by atoms with van der Waals surface area (Å²) in [5.74, 6) is 0.767. The second-order valence-electron chi connectivity index (χ2n) is 5.21. The molecule has 1 aromatic rings. The molecule has 0 amide bonds. The highest BCUT2D eigenvalue weighted by atomic mass is 35.5. The van der Waals surface area contributed by atoms with Crippen LogP contribution in [-0.2, 0) is 0 Å². The van der Waals surface area contributed by atoms with Crippen LogP contribution in [0.1, 0.15) is 42.7 Å². The lowest BCUT2D eigenvalue weighted by molar-refractivity contribution is 0.238. The van der Waals surface area contributed by atoms with E-state index in [1.807, 2.05) is 0 Å². The summed E-state index contributed by atoms with van der Waals surface area (Å²) in [6, 6.07) is 0. The zero-order valence-electron chi connectivity index (χ0n) is 10.7. The van der Waals surface area contributed by atoms with Crippen LogP contribution in [0, 0.1) is 19.3 Å². The number of thiazole rings is 1. The van der Waals surface area contributed by atoms with E-state index in [0.717, 1.165) is 23.3 Å². The predicted molar refractivity (Wildman–Crippen MR) is 76.3 cm³/mol. The van der Waals surface area contributed by atoms with Gasteiger partial charge in [-0.1, -0.05) is 19.3 Å². The normalized spacial score (nSPS) is 19.2. The van der Waals surface area contributed by atoms with Crippen LogP contribution in [0.4, 0.5) is 5.13 Å². The molecular weight excluding hydrogens is 252 g/mol. The van der Waals surface area contributed by atoms with Crippen molar-refractivity contribution in [3.63, 3.8) is 0 Å². The second kappa shape index (κ2) is 5.57. The van der Waals surface area contributed by atoms with Crippen LogP contribution in [0.2, 0.25) is 0 Å². The third-order valence-electron chi connectivity index (χ3n) is 3.84. The number of rotatable bonds is 4. The quantitative estimate of drug-likeness (QED) is 0.824. The molecule has 2 rings (SSSR count). The lowest BCUT2D eigenvalue weighted by Gasteiger charge is -2.35. The molecule has 0 unspecified atom stereocenters. The Hall–Kier alpha value is -0.280. The molecule has 0 spiro atoms. The molecule has 4 heteroatoms. The van der Waals surface area contributed by atoms with Crippen molar-refractivity contribution in [1.82, 2.24) is 4.98 Å². The first-order valence-corrected chi connectivity index (χ1v) is 7.74. The van der Waals surface area contributed by atoms with Crippen molar-refractivity contribution in [3.8, 4) is 0 Å². The first-order valence-electron chi connectivity index (χ1n) is 6.39. The molecule has 1 N–H and O–H groups in total. The number of hydrogen-bond donors (Lipinski definition) is 1. The van der Waals surface area contributed by atoms with E-state index in [-0.39, 0.29) is 0 Å². The summed E-state index contributed by atoms with van der Waals surface area (Å²) in [5, 5.41) is 4.54. The molecule has 17 heavy (non-hydrogen) atoms. The highest BCUT2D eigenvalue weighted by molar-refractivity contribution is 7.15. The van der Waals surface area contributed by atoms with Gasteiger partial charge in [0.25, 0.3) is 0 Å². The summed E-state index contributed by atoms with van der Waals surface area (Å²) in [4.78, 5) is 5.83. The average Bonchev–Trinajstić information content (AvgIpc) is 2.68. The monoisotopic (exact) mass is 272 g/mol. The molecular formula is C13H21ClN2S. The Morgan fingerprint density at radius 3 is 2.53 bits per heavy atom. The fourth-order valence-electron chi connectivity index (χ4n) is 2.47. The summed E-state index contributed by atoms with van der Waals surface area (Å²) in [6.07, 6.45) is 6.53. The largest absolute Gasteiger partial charge is 0.361 e. The summed E-state index contributed by atoms with van der Waals surface area (Å²) < 4.78 is 0. The Morgan fingerprint density at radius 2 is 2.00 bits per heavy atom. The minimum Gasteiger partial charge on any atom is -0.361 e. The van der Waals surface area contributed by atoms with Gasteiger partial charge >= 0.3 is 0 Å². The third kappa shape index (κ3) is 3.14. The number of nitrogens with zero attached hydrogens (tertiary/aromatic N) is 1. The summed E-state index contributed by atoms with van der Waals surface area (Å²) in [5.41, 5.74) is 1.44. The van der Waals surface area contributed by atoms with Gasteiger partial charge in [0.15, 0.2) is 5.13 Å². The van der Waals surface area contributed by atoms with E-state index in [2.05, 4.69) is 24.1 Å². The van der Waals surface area contributed by atoms with Crippen LogP contribution in [0.15, 0.2) is 0 Å². The topological polar surface area (TPSA) is 24.9 Å². The van der Waals surface area contributed by atoms with Crippen LogP contribution >= 0.6 is 22.9 Å². The lowest BCUT2D eigenvalue weighted by Crippen LogP contribution is -2.33. The van der Waals surface area contributed by atoms with Crippen molar-refractivity contribution in [1.29, 1.82) is 0 Å². The number of hydrogen-bond acceptors (Lipinski definition) is 3. The second-order valence-corrected chi connectivity index (χ2v) is 6.68. The maximum absolute atomic E-state index is 6.18. The van der Waals surface area contributed by atoms with Gasteiger partial charge in [-0.25, -0.2) is 4.98 Å². The fourth-order valence-corrected chi connectivity index (χ4v) is 3.64. The molecule has 0 bridgehead atoms. The zero-order chi connectivity index (χ0) is 12.3. The molecule has 1 fully saturated rings. The Bertz CT molecular complexity index is 350. The first kappa shape index (κ1) is 13.2. The zero-order valence-corrected chi connectivity index (χ0v) is 12.3. The van der Waals surface area contributed by atoms with Crippen LogP contribution < -0.4 is 5.32 Å². The summed E-state index contributed by atoms with van der Waals surface area (Å²) in [7, 11) is 0. The van der Waals surface area contributed by atoms with Crippen LogP contribution in [-0.4, -0.2) is 17.4 Å². The smallest absolute Gasteiger partial charge is 0.183 e. The van der Waals surface area contributed by atoms with Gasteiger partial charge in [-0.2, -0.15) is 0 Å². The Kier molecular flexibility index (Phi) is 4.31. The van der Waals surface area contributed by atoms with Gasteiger partial charge in [0.2, 0.25) is 0 Å². The van der Waals surface area contributed by atoms with Gasteiger partial charge in [0, 0.05) is 22.7 Å². The van der Waals surface area contributed by atoms with Crippen molar-refractivity contribution < 1.29 is 0 Å². The van der Waals surface area contributed by atoms with Crippen LogP contribution in [0.25, 0.3) is 0 Å². The van der Waals surface area contributed by atoms with Gasteiger partial charge in [0.05, 0.1) is 5.69 Å². The van der Waals surface area contributed by atoms with Crippen LogP contribution in [0.5, 0.6) is 0 Å². The fraction of sp³-hybridized carbons (Fsp3) is 0.769. The highest BCUT2D eigenvalue weighted by Gasteiger charge is 2.31. The Morgan fingerprint density at radius 1 is 1.29 bits per heavy atom. The summed E-state index contributed by atoms with van der Waals surface area (Å²) in [6.45, 7) is 5.16. The van der Waals surface area contributed by atoms with Gasteiger partial charge in [-0.3, -0.25) is 0 Å². The molecule has 1 aliphatic carbocycles. The number of alkyl halides is 1. The number of aryl methyl sites for hydroxylation is 2. The Labute approximate surface area is 113 Å². The predicted octanol–water partition coefficient (Wildman–Crippen LogP) is 4.36. The molecule has 1 aliphatic rings. The number of halogens is 1. The van der Waals surface area contributed by atoms with E-state index in [1.54, 1.807) is 11.3 Å². The van der Waals surface area contributed by atoms with E-state index in [4.69, 9.17) is 11.6 Å². The molecule has 0 saturated heterocycles. The lowest BCUT2D eigenvalue weighted by atomic mass is 9.75. The van der Waals surface area contributed by atoms with Gasteiger partial charge < -0.3 is 5.32 Å². The number of anilines is 1. The van der Waals surface area contributed by atoms with Crippen molar-refractivity contribution in [2.75, 3.05) is 17.7 Å². The molecule has 0 radical (unpaired) electrons. The highest BCUT2D eigenvalue weighted by Crippen LogP contribution is 2.37. The maximum Gasteiger partial charge on any atom is 0.183 e. The standard InChI is InChI=1S/C13H21ClN2S/c1-10-11(2)17-12(16-10)15-9-13(8-14)6-4-3-5-7-13/h3-9H2,1-2H3,(H,15,16). The van der Waals surface area contributed by atoms with Crippen molar-refractivity contribution >= 4 is 28.1 Å². The van der Waals surface area contributed by atoms with Crippen molar-refractivity contribution in [2.45, 2.75) is 46.0 Å². The molecule has 96 valence electrons. The van der Waals surface area contributed by atoms with Crippen molar-refractivity contribution in [2.24, 2.45) is 5.41 Å². The van der Waals surface area contributed by atoms with E-state index < -0.39 is 0 Å². The minimum atomic E-state index is 0.299. The molecule has 1 heterocycles. The van der Waals surface area contributed by atoms with Crippen molar-refractivity contribution in [3.05, 3.63) is 10.6 Å². The molecule has 1 aromatic heterocycles. The number of nitrogens with one attached hydrogen (secondary N) is 1. The molecule has 0 aromatic carbocycles. The minimum absolute atomic E-state index is 0.299. The maximum atomic E-state index is 6.18. The SMILES string of the molecule is Cc1nc(NCC2(CCl)CCCCC2)sc1C. The average molecular weight is 273 g/mol. The van der Waals surface area contributed by atoms with E-state index in [0.29, 0.717) is 5.41 Å². The van der Waals surface area contributed by atoms with E-state index in [1.165, 1.54) is 37.0 Å².